The van der Waals surface area contributed by atoms with Gasteiger partial charge in [0, 0.05) is 16.3 Å². The number of nitrogens with one attached hydrogen (secondary N) is 1. The standard InChI is InChI=1S/C18H12Cl3NO2/c1-10-2-4-12(19)9-15(10)22-18(23)17-7-6-16(24-17)11-3-5-13(20)14(21)8-11/h2-9H,1H3,(H,22,23). The summed E-state index contributed by atoms with van der Waals surface area (Å²) in [7, 11) is 0. The smallest absolute Gasteiger partial charge is 0.291 e. The van der Waals surface area contributed by atoms with Gasteiger partial charge in [-0.05, 0) is 55.0 Å². The van der Waals surface area contributed by atoms with Crippen LogP contribution in [0.25, 0.3) is 11.3 Å². The van der Waals surface area contributed by atoms with Crippen LogP contribution in [0.2, 0.25) is 15.1 Å². The van der Waals surface area contributed by atoms with Crippen LogP contribution >= 0.6 is 34.8 Å². The predicted octanol–water partition coefficient (Wildman–Crippen LogP) is 6.47. The van der Waals surface area contributed by atoms with Gasteiger partial charge >= 0.3 is 0 Å². The zero-order chi connectivity index (χ0) is 17.3. The molecule has 3 aromatic rings. The monoisotopic (exact) mass is 379 g/mol. The highest BCUT2D eigenvalue weighted by Crippen LogP contribution is 2.30. The van der Waals surface area contributed by atoms with Gasteiger partial charge in [0.1, 0.15) is 5.76 Å². The average Bonchev–Trinajstić information content (AvgIpc) is 3.03. The number of carbonyl (C=O) groups excluding carboxylic acids is 1. The van der Waals surface area contributed by atoms with Crippen LogP contribution in [0.3, 0.4) is 0 Å². The van der Waals surface area contributed by atoms with E-state index < -0.39 is 0 Å². The third kappa shape index (κ3) is 3.59. The number of benzene rings is 2. The first-order chi connectivity index (χ1) is 11.4. The van der Waals surface area contributed by atoms with Crippen LogP contribution in [0.4, 0.5) is 5.69 Å². The Morgan fingerprint density at radius 1 is 0.958 bits per heavy atom. The van der Waals surface area contributed by atoms with Crippen molar-refractivity contribution in [3.63, 3.8) is 0 Å². The van der Waals surface area contributed by atoms with Crippen molar-refractivity contribution in [3.8, 4) is 11.3 Å². The van der Waals surface area contributed by atoms with Gasteiger partial charge in [0.25, 0.3) is 5.91 Å². The molecule has 122 valence electrons. The van der Waals surface area contributed by atoms with Crippen molar-refractivity contribution in [2.45, 2.75) is 6.92 Å². The first-order valence-corrected chi connectivity index (χ1v) is 8.20. The van der Waals surface area contributed by atoms with Gasteiger partial charge < -0.3 is 9.73 Å². The van der Waals surface area contributed by atoms with Crippen LogP contribution in [-0.4, -0.2) is 5.91 Å². The van der Waals surface area contributed by atoms with Gasteiger partial charge in [0.2, 0.25) is 0 Å². The Bertz CT molecular complexity index is 918. The lowest BCUT2D eigenvalue weighted by Crippen LogP contribution is -2.11. The van der Waals surface area contributed by atoms with Crippen LogP contribution < -0.4 is 5.32 Å². The summed E-state index contributed by atoms with van der Waals surface area (Å²) in [5, 5.41) is 4.22. The summed E-state index contributed by atoms with van der Waals surface area (Å²) in [6, 6.07) is 13.7. The Labute approximate surface area is 154 Å². The van der Waals surface area contributed by atoms with Crippen molar-refractivity contribution in [1.29, 1.82) is 0 Å². The number of anilines is 1. The van der Waals surface area contributed by atoms with Gasteiger partial charge in [-0.3, -0.25) is 4.79 Å². The van der Waals surface area contributed by atoms with Gasteiger partial charge in [0.15, 0.2) is 5.76 Å². The lowest BCUT2D eigenvalue weighted by Gasteiger charge is -2.07. The van der Waals surface area contributed by atoms with E-state index in [1.54, 1.807) is 42.5 Å². The van der Waals surface area contributed by atoms with E-state index >= 15 is 0 Å². The zero-order valence-corrected chi connectivity index (χ0v) is 14.8. The molecule has 1 N–H and O–H groups in total. The number of carbonyl (C=O) groups is 1. The zero-order valence-electron chi connectivity index (χ0n) is 12.6. The summed E-state index contributed by atoms with van der Waals surface area (Å²) in [5.74, 6) is 0.364. The molecule has 1 heterocycles. The average molecular weight is 381 g/mol. The Hall–Kier alpha value is -1.94. The molecule has 0 aliphatic rings. The molecule has 0 atom stereocenters. The molecule has 6 heteroatoms. The second kappa shape index (κ2) is 6.89. The van der Waals surface area contributed by atoms with E-state index in [1.807, 2.05) is 13.0 Å². The topological polar surface area (TPSA) is 42.2 Å². The molecule has 3 nitrogen and oxygen atoms in total. The summed E-state index contributed by atoms with van der Waals surface area (Å²) < 4.78 is 5.62. The van der Waals surface area contributed by atoms with Crippen LogP contribution in [0, 0.1) is 6.92 Å². The van der Waals surface area contributed by atoms with Gasteiger partial charge in [0.05, 0.1) is 10.0 Å². The summed E-state index contributed by atoms with van der Waals surface area (Å²) in [6.45, 7) is 1.88. The van der Waals surface area contributed by atoms with Crippen molar-refractivity contribution in [2.24, 2.45) is 0 Å². The first kappa shape index (κ1) is 16.9. The number of hydrogen-bond donors (Lipinski definition) is 1. The molecular formula is C18H12Cl3NO2. The lowest BCUT2D eigenvalue weighted by molar-refractivity contribution is 0.0997. The molecule has 0 radical (unpaired) electrons. The molecule has 0 saturated carbocycles. The number of hydrogen-bond acceptors (Lipinski definition) is 2. The molecular weight excluding hydrogens is 369 g/mol. The maximum atomic E-state index is 12.3. The molecule has 0 saturated heterocycles. The highest BCUT2D eigenvalue weighted by Gasteiger charge is 2.14. The molecule has 0 bridgehead atoms. The van der Waals surface area contributed by atoms with Crippen LogP contribution in [0.5, 0.6) is 0 Å². The number of halogens is 3. The molecule has 24 heavy (non-hydrogen) atoms. The minimum atomic E-state index is -0.355. The molecule has 2 aromatic carbocycles. The molecule has 0 fully saturated rings. The van der Waals surface area contributed by atoms with Crippen molar-refractivity contribution < 1.29 is 9.21 Å². The van der Waals surface area contributed by atoms with Gasteiger partial charge in [-0.15, -0.1) is 0 Å². The van der Waals surface area contributed by atoms with Crippen molar-refractivity contribution in [1.82, 2.24) is 0 Å². The predicted molar refractivity (Wildman–Crippen MR) is 98.3 cm³/mol. The van der Waals surface area contributed by atoms with Crippen molar-refractivity contribution in [2.75, 3.05) is 5.32 Å². The van der Waals surface area contributed by atoms with E-state index in [2.05, 4.69) is 5.32 Å². The second-order valence-electron chi connectivity index (χ2n) is 5.21. The van der Waals surface area contributed by atoms with Crippen LogP contribution in [0.15, 0.2) is 52.9 Å². The summed E-state index contributed by atoms with van der Waals surface area (Å²) >= 11 is 17.9. The van der Waals surface area contributed by atoms with E-state index in [1.165, 1.54) is 0 Å². The highest BCUT2D eigenvalue weighted by molar-refractivity contribution is 6.42. The molecule has 0 aliphatic heterocycles. The quantitative estimate of drug-likeness (QED) is 0.566. The summed E-state index contributed by atoms with van der Waals surface area (Å²) in [6.07, 6.45) is 0. The molecule has 1 amide bonds. The Kier molecular flexibility index (Phi) is 4.86. The van der Waals surface area contributed by atoms with E-state index in [4.69, 9.17) is 39.2 Å². The normalized spacial score (nSPS) is 10.7. The van der Waals surface area contributed by atoms with Gasteiger partial charge in [-0.25, -0.2) is 0 Å². The van der Waals surface area contributed by atoms with E-state index in [9.17, 15) is 4.79 Å². The SMILES string of the molecule is Cc1ccc(Cl)cc1NC(=O)c1ccc(-c2ccc(Cl)c(Cl)c2)o1. The van der Waals surface area contributed by atoms with E-state index in [-0.39, 0.29) is 11.7 Å². The minimum absolute atomic E-state index is 0.190. The minimum Gasteiger partial charge on any atom is -0.451 e. The Morgan fingerprint density at radius 3 is 2.50 bits per heavy atom. The first-order valence-electron chi connectivity index (χ1n) is 7.07. The largest absolute Gasteiger partial charge is 0.451 e. The number of amides is 1. The summed E-state index contributed by atoms with van der Waals surface area (Å²) in [5.41, 5.74) is 2.28. The van der Waals surface area contributed by atoms with Gasteiger partial charge in [-0.1, -0.05) is 40.9 Å². The summed E-state index contributed by atoms with van der Waals surface area (Å²) in [4.78, 5) is 12.3. The maximum absolute atomic E-state index is 12.3. The van der Waals surface area contributed by atoms with Gasteiger partial charge in [-0.2, -0.15) is 0 Å². The highest BCUT2D eigenvalue weighted by atomic mass is 35.5. The second-order valence-corrected chi connectivity index (χ2v) is 6.46. The van der Waals surface area contributed by atoms with Crippen molar-refractivity contribution in [3.05, 3.63) is 74.9 Å². The Balaban J connectivity index is 1.83. The fourth-order valence-electron chi connectivity index (χ4n) is 2.18. The third-order valence-electron chi connectivity index (χ3n) is 3.48. The molecule has 0 unspecified atom stereocenters. The lowest BCUT2D eigenvalue weighted by atomic mass is 10.2. The van der Waals surface area contributed by atoms with E-state index in [0.29, 0.717) is 26.5 Å². The van der Waals surface area contributed by atoms with Crippen LogP contribution in [0.1, 0.15) is 16.1 Å². The number of aryl methyl sites for hydroxylation is 1. The number of rotatable bonds is 3. The van der Waals surface area contributed by atoms with E-state index in [0.717, 1.165) is 11.1 Å². The third-order valence-corrected chi connectivity index (χ3v) is 4.46. The molecule has 3 rings (SSSR count). The molecule has 0 aliphatic carbocycles. The number of furan rings is 1. The van der Waals surface area contributed by atoms with Crippen molar-refractivity contribution >= 4 is 46.4 Å². The molecule has 1 aromatic heterocycles. The molecule has 0 spiro atoms. The Morgan fingerprint density at radius 2 is 1.75 bits per heavy atom. The van der Waals surface area contributed by atoms with Crippen LogP contribution in [-0.2, 0) is 0 Å². The fraction of sp³-hybridized carbons (Fsp3) is 0.0556. The maximum Gasteiger partial charge on any atom is 0.291 e. The fourth-order valence-corrected chi connectivity index (χ4v) is 2.65.